The number of ether oxygens (including phenoxy) is 2. The zero-order chi connectivity index (χ0) is 17.6. The maximum absolute atomic E-state index is 11.1. The van der Waals surface area contributed by atoms with Gasteiger partial charge in [-0.05, 0) is 63.4 Å². The number of carboxylic acid groups (broad SMARTS) is 1. The molecule has 24 heavy (non-hydrogen) atoms. The first kappa shape index (κ1) is 17.9. The summed E-state index contributed by atoms with van der Waals surface area (Å²) in [4.78, 5) is 11.1. The third kappa shape index (κ3) is 5.30. The molecular formula is C20H24O4. The summed E-state index contributed by atoms with van der Waals surface area (Å²) in [5, 5.41) is 9.13. The molecule has 0 aliphatic carbocycles. The van der Waals surface area contributed by atoms with E-state index < -0.39 is 11.6 Å². The van der Waals surface area contributed by atoms with Crippen molar-refractivity contribution >= 4 is 5.97 Å². The monoisotopic (exact) mass is 328 g/mol. The molecule has 0 amide bonds. The van der Waals surface area contributed by atoms with Gasteiger partial charge in [-0.3, -0.25) is 0 Å². The van der Waals surface area contributed by atoms with E-state index in [1.165, 1.54) is 19.4 Å². The van der Waals surface area contributed by atoms with Crippen LogP contribution in [0, 0.1) is 6.92 Å². The first-order valence-electron chi connectivity index (χ1n) is 8.08. The molecule has 0 aliphatic heterocycles. The SMILES string of the molecule is Cc1ccc(OCCCc2cccc(OC(C)(C)C(=O)O)c2)cc1. The molecule has 0 bridgehead atoms. The van der Waals surface area contributed by atoms with Crippen LogP contribution >= 0.6 is 0 Å². The van der Waals surface area contributed by atoms with Crippen LogP contribution in [-0.2, 0) is 11.2 Å². The van der Waals surface area contributed by atoms with Crippen molar-refractivity contribution in [1.29, 1.82) is 0 Å². The Labute approximate surface area is 143 Å². The van der Waals surface area contributed by atoms with Crippen molar-refractivity contribution in [2.75, 3.05) is 6.61 Å². The molecule has 0 radical (unpaired) electrons. The van der Waals surface area contributed by atoms with Gasteiger partial charge < -0.3 is 14.6 Å². The summed E-state index contributed by atoms with van der Waals surface area (Å²) < 4.78 is 11.3. The smallest absolute Gasteiger partial charge is 0.347 e. The molecule has 2 rings (SSSR count). The fourth-order valence-corrected chi connectivity index (χ4v) is 2.20. The van der Waals surface area contributed by atoms with E-state index in [9.17, 15) is 4.79 Å². The largest absolute Gasteiger partial charge is 0.494 e. The topological polar surface area (TPSA) is 55.8 Å². The quantitative estimate of drug-likeness (QED) is 0.736. The Morgan fingerprint density at radius 2 is 1.79 bits per heavy atom. The molecule has 0 saturated heterocycles. The lowest BCUT2D eigenvalue weighted by Gasteiger charge is -2.21. The summed E-state index contributed by atoms with van der Waals surface area (Å²) in [5.74, 6) is 0.458. The van der Waals surface area contributed by atoms with Crippen LogP contribution < -0.4 is 9.47 Å². The minimum Gasteiger partial charge on any atom is -0.494 e. The van der Waals surface area contributed by atoms with Gasteiger partial charge in [-0.1, -0.05) is 29.8 Å². The van der Waals surface area contributed by atoms with Crippen LogP contribution in [0.3, 0.4) is 0 Å². The Bertz CT molecular complexity index is 674. The van der Waals surface area contributed by atoms with Gasteiger partial charge in [-0.25, -0.2) is 4.79 Å². The van der Waals surface area contributed by atoms with Gasteiger partial charge in [0.25, 0.3) is 0 Å². The Kier molecular flexibility index (Phi) is 5.85. The first-order chi connectivity index (χ1) is 11.4. The molecule has 0 atom stereocenters. The number of benzene rings is 2. The van der Waals surface area contributed by atoms with Crippen molar-refractivity contribution in [1.82, 2.24) is 0 Å². The van der Waals surface area contributed by atoms with Crippen molar-refractivity contribution in [3.8, 4) is 11.5 Å². The summed E-state index contributed by atoms with van der Waals surface area (Å²) in [6.07, 6.45) is 1.72. The number of hydrogen-bond donors (Lipinski definition) is 1. The van der Waals surface area contributed by atoms with Crippen molar-refractivity contribution < 1.29 is 19.4 Å². The number of carbonyl (C=O) groups is 1. The predicted molar refractivity (Wildman–Crippen MR) is 93.8 cm³/mol. The van der Waals surface area contributed by atoms with Crippen LogP contribution in [0.2, 0.25) is 0 Å². The van der Waals surface area contributed by atoms with Crippen LogP contribution in [0.15, 0.2) is 48.5 Å². The molecule has 0 heterocycles. The Balaban J connectivity index is 1.84. The molecule has 1 N–H and O–H groups in total. The number of hydrogen-bond acceptors (Lipinski definition) is 3. The summed E-state index contributed by atoms with van der Waals surface area (Å²) in [6, 6.07) is 15.5. The van der Waals surface area contributed by atoms with Gasteiger partial charge >= 0.3 is 5.97 Å². The van der Waals surface area contributed by atoms with Crippen LogP contribution in [-0.4, -0.2) is 23.3 Å². The van der Waals surface area contributed by atoms with Crippen molar-refractivity contribution in [2.24, 2.45) is 0 Å². The Hall–Kier alpha value is -2.49. The van der Waals surface area contributed by atoms with E-state index in [4.69, 9.17) is 14.6 Å². The van der Waals surface area contributed by atoms with Gasteiger partial charge in [0.05, 0.1) is 6.61 Å². The van der Waals surface area contributed by atoms with Gasteiger partial charge in [0, 0.05) is 0 Å². The lowest BCUT2D eigenvalue weighted by molar-refractivity contribution is -0.152. The third-order valence-corrected chi connectivity index (χ3v) is 3.69. The van der Waals surface area contributed by atoms with Gasteiger partial charge in [0.2, 0.25) is 0 Å². The van der Waals surface area contributed by atoms with Gasteiger partial charge in [0.1, 0.15) is 11.5 Å². The highest BCUT2D eigenvalue weighted by Gasteiger charge is 2.29. The first-order valence-corrected chi connectivity index (χ1v) is 8.08. The van der Waals surface area contributed by atoms with Crippen LogP contribution in [0.5, 0.6) is 11.5 Å². The number of aliphatic carboxylic acids is 1. The zero-order valence-electron chi connectivity index (χ0n) is 14.4. The fraction of sp³-hybridized carbons (Fsp3) is 0.350. The predicted octanol–water partition coefficient (Wildman–Crippen LogP) is 4.25. The molecule has 128 valence electrons. The number of carboxylic acids is 1. The van der Waals surface area contributed by atoms with Crippen LogP contribution in [0.25, 0.3) is 0 Å². The highest BCUT2D eigenvalue weighted by atomic mass is 16.5. The lowest BCUT2D eigenvalue weighted by Crippen LogP contribution is -2.37. The molecule has 0 fully saturated rings. The van der Waals surface area contributed by atoms with E-state index in [-0.39, 0.29) is 0 Å². The zero-order valence-corrected chi connectivity index (χ0v) is 14.4. The van der Waals surface area contributed by atoms with Crippen LogP contribution in [0.1, 0.15) is 31.4 Å². The Morgan fingerprint density at radius 1 is 1.08 bits per heavy atom. The molecule has 4 nitrogen and oxygen atoms in total. The highest BCUT2D eigenvalue weighted by Crippen LogP contribution is 2.21. The van der Waals surface area contributed by atoms with E-state index in [1.807, 2.05) is 49.4 Å². The lowest BCUT2D eigenvalue weighted by atomic mass is 10.1. The van der Waals surface area contributed by atoms with Crippen molar-refractivity contribution in [2.45, 2.75) is 39.2 Å². The molecule has 2 aromatic rings. The molecule has 0 unspecified atom stereocenters. The second-order valence-electron chi connectivity index (χ2n) is 6.33. The fourth-order valence-electron chi connectivity index (χ4n) is 2.20. The standard InChI is InChI=1S/C20H24O4/c1-15-9-11-17(12-10-15)23-13-5-7-16-6-4-8-18(14-16)24-20(2,3)19(21)22/h4,6,8-12,14H,5,7,13H2,1-3H3,(H,21,22). The molecule has 0 aromatic heterocycles. The van der Waals surface area contributed by atoms with E-state index in [2.05, 4.69) is 0 Å². The second kappa shape index (κ2) is 7.86. The van der Waals surface area contributed by atoms with Crippen molar-refractivity contribution in [3.05, 3.63) is 59.7 Å². The average Bonchev–Trinajstić information content (AvgIpc) is 2.53. The summed E-state index contributed by atoms with van der Waals surface area (Å²) >= 11 is 0. The van der Waals surface area contributed by atoms with E-state index >= 15 is 0 Å². The molecule has 0 aliphatic rings. The number of rotatable bonds is 8. The van der Waals surface area contributed by atoms with Crippen molar-refractivity contribution in [3.63, 3.8) is 0 Å². The van der Waals surface area contributed by atoms with E-state index in [0.717, 1.165) is 24.2 Å². The average molecular weight is 328 g/mol. The Morgan fingerprint density at radius 3 is 2.46 bits per heavy atom. The van der Waals surface area contributed by atoms with Gasteiger partial charge in [0.15, 0.2) is 5.60 Å². The van der Waals surface area contributed by atoms with Gasteiger partial charge in [-0.2, -0.15) is 0 Å². The molecular weight excluding hydrogens is 304 g/mol. The second-order valence-corrected chi connectivity index (χ2v) is 6.33. The van der Waals surface area contributed by atoms with Crippen LogP contribution in [0.4, 0.5) is 0 Å². The van der Waals surface area contributed by atoms with Gasteiger partial charge in [-0.15, -0.1) is 0 Å². The summed E-state index contributed by atoms with van der Waals surface area (Å²) in [7, 11) is 0. The third-order valence-electron chi connectivity index (χ3n) is 3.69. The van der Waals surface area contributed by atoms with E-state index in [0.29, 0.717) is 12.4 Å². The minimum absolute atomic E-state index is 0.569. The molecule has 4 heteroatoms. The summed E-state index contributed by atoms with van der Waals surface area (Å²) in [5.41, 5.74) is 1.07. The maximum atomic E-state index is 11.1. The highest BCUT2D eigenvalue weighted by molar-refractivity contribution is 5.76. The number of aryl methyl sites for hydroxylation is 2. The summed E-state index contributed by atoms with van der Waals surface area (Å²) in [6.45, 7) is 5.76. The van der Waals surface area contributed by atoms with E-state index in [1.54, 1.807) is 6.07 Å². The molecule has 0 spiro atoms. The normalized spacial score (nSPS) is 11.1. The molecule has 0 saturated carbocycles. The minimum atomic E-state index is -1.24. The molecule has 2 aromatic carbocycles. The maximum Gasteiger partial charge on any atom is 0.347 e.